The second-order valence-corrected chi connectivity index (χ2v) is 7.05. The Labute approximate surface area is 154 Å². The van der Waals surface area contributed by atoms with Gasteiger partial charge < -0.3 is 15.3 Å². The fraction of sp³-hybridized carbons (Fsp3) is 0.550. The largest absolute Gasteiger partial charge is 0.479 e. The van der Waals surface area contributed by atoms with Gasteiger partial charge in [0.25, 0.3) is 0 Å². The zero-order valence-corrected chi connectivity index (χ0v) is 15.7. The Hall–Kier alpha value is -2.37. The summed E-state index contributed by atoms with van der Waals surface area (Å²) in [6.45, 7) is 6.86. The predicted octanol–water partition coefficient (Wildman–Crippen LogP) is 2.58. The van der Waals surface area contributed by atoms with Crippen molar-refractivity contribution in [2.75, 3.05) is 13.1 Å². The second kappa shape index (κ2) is 8.83. The lowest BCUT2D eigenvalue weighted by molar-refractivity contribution is -0.144. The number of carbonyl (C=O) groups is 3. The fourth-order valence-corrected chi connectivity index (χ4v) is 3.28. The lowest BCUT2D eigenvalue weighted by atomic mass is 9.95. The number of rotatable bonds is 6. The first-order valence-electron chi connectivity index (χ1n) is 9.21. The van der Waals surface area contributed by atoms with E-state index in [1.54, 1.807) is 17.0 Å². The number of hydrogen-bond donors (Lipinski definition) is 2. The molecule has 142 valence electrons. The average molecular weight is 360 g/mol. The number of hydrogen-bond acceptors (Lipinski definition) is 3. The number of nitrogens with zero attached hydrogens (tertiary/aromatic N) is 1. The summed E-state index contributed by atoms with van der Waals surface area (Å²) in [4.78, 5) is 38.2. The molecule has 0 aliphatic carbocycles. The summed E-state index contributed by atoms with van der Waals surface area (Å²) in [7, 11) is 0. The Morgan fingerprint density at radius 2 is 2.00 bits per heavy atom. The molecule has 2 atom stereocenters. The van der Waals surface area contributed by atoms with Gasteiger partial charge >= 0.3 is 5.97 Å². The molecule has 0 aromatic heterocycles. The molecule has 1 aliphatic heterocycles. The van der Waals surface area contributed by atoms with E-state index in [0.29, 0.717) is 31.5 Å². The molecule has 0 saturated carbocycles. The Balaban J connectivity index is 2.08. The Bertz CT molecular complexity index is 686. The summed E-state index contributed by atoms with van der Waals surface area (Å²) in [6, 6.07) is 4.31. The van der Waals surface area contributed by atoms with E-state index in [1.807, 2.05) is 26.8 Å². The highest BCUT2D eigenvalue weighted by atomic mass is 16.4. The van der Waals surface area contributed by atoms with E-state index in [0.717, 1.165) is 24.0 Å². The van der Waals surface area contributed by atoms with Crippen molar-refractivity contribution in [2.24, 2.45) is 5.92 Å². The third-order valence-corrected chi connectivity index (χ3v) is 5.01. The van der Waals surface area contributed by atoms with Crippen LogP contribution in [-0.4, -0.2) is 40.9 Å². The van der Waals surface area contributed by atoms with Crippen molar-refractivity contribution < 1.29 is 19.5 Å². The van der Waals surface area contributed by atoms with Crippen LogP contribution in [0.1, 0.15) is 55.3 Å². The molecule has 2 amide bonds. The van der Waals surface area contributed by atoms with Gasteiger partial charge in [-0.25, -0.2) is 4.79 Å². The van der Waals surface area contributed by atoms with Gasteiger partial charge in [-0.05, 0) is 49.8 Å². The normalized spacial score (nSPS) is 18.3. The molecular weight excluding hydrogens is 332 g/mol. The second-order valence-electron chi connectivity index (χ2n) is 7.05. The standard InChI is InChI=1S/C20H28N2O4/c1-4-6-17(23)22-10-5-7-16(12-22)19(24)21-18(20(25)26)15-9-8-13(2)14(3)11-15/h8-9,11,16,18H,4-7,10,12H2,1-3H3,(H,21,24)(H,25,26). The molecule has 2 rings (SSSR count). The molecule has 1 aromatic rings. The van der Waals surface area contributed by atoms with Gasteiger partial charge in [0.05, 0.1) is 5.92 Å². The van der Waals surface area contributed by atoms with Crippen LogP contribution in [0.2, 0.25) is 0 Å². The zero-order valence-electron chi connectivity index (χ0n) is 15.7. The van der Waals surface area contributed by atoms with Crippen LogP contribution < -0.4 is 5.32 Å². The van der Waals surface area contributed by atoms with Crippen LogP contribution >= 0.6 is 0 Å². The van der Waals surface area contributed by atoms with Crippen molar-refractivity contribution in [1.29, 1.82) is 0 Å². The first-order chi connectivity index (χ1) is 12.3. The van der Waals surface area contributed by atoms with Crippen LogP contribution in [0.3, 0.4) is 0 Å². The number of carboxylic acid groups (broad SMARTS) is 1. The van der Waals surface area contributed by atoms with E-state index in [2.05, 4.69) is 5.32 Å². The Morgan fingerprint density at radius 1 is 1.27 bits per heavy atom. The van der Waals surface area contributed by atoms with E-state index < -0.39 is 12.0 Å². The highest BCUT2D eigenvalue weighted by Gasteiger charge is 2.31. The molecule has 1 fully saturated rings. The van der Waals surface area contributed by atoms with E-state index in [-0.39, 0.29) is 17.7 Å². The smallest absolute Gasteiger partial charge is 0.330 e. The minimum atomic E-state index is -1.09. The lowest BCUT2D eigenvalue weighted by Gasteiger charge is -2.32. The molecule has 1 aliphatic rings. The van der Waals surface area contributed by atoms with Crippen molar-refractivity contribution in [2.45, 2.75) is 52.5 Å². The zero-order chi connectivity index (χ0) is 19.3. The van der Waals surface area contributed by atoms with Gasteiger partial charge in [-0.3, -0.25) is 9.59 Å². The van der Waals surface area contributed by atoms with Gasteiger partial charge in [0, 0.05) is 19.5 Å². The topological polar surface area (TPSA) is 86.7 Å². The molecule has 0 bridgehead atoms. The van der Waals surface area contributed by atoms with Gasteiger partial charge in [0.1, 0.15) is 0 Å². The van der Waals surface area contributed by atoms with Crippen LogP contribution in [0, 0.1) is 19.8 Å². The molecule has 6 nitrogen and oxygen atoms in total. The van der Waals surface area contributed by atoms with Crippen LogP contribution in [-0.2, 0) is 14.4 Å². The van der Waals surface area contributed by atoms with Gasteiger partial charge in [-0.1, -0.05) is 25.1 Å². The first-order valence-corrected chi connectivity index (χ1v) is 9.21. The van der Waals surface area contributed by atoms with Gasteiger partial charge in [-0.2, -0.15) is 0 Å². The van der Waals surface area contributed by atoms with E-state index in [4.69, 9.17) is 0 Å². The number of amides is 2. The summed E-state index contributed by atoms with van der Waals surface area (Å²) >= 11 is 0. The van der Waals surface area contributed by atoms with Crippen molar-refractivity contribution in [3.8, 4) is 0 Å². The summed E-state index contributed by atoms with van der Waals surface area (Å²) < 4.78 is 0. The highest BCUT2D eigenvalue weighted by Crippen LogP contribution is 2.21. The maximum absolute atomic E-state index is 12.7. The van der Waals surface area contributed by atoms with Crippen molar-refractivity contribution in [3.05, 3.63) is 34.9 Å². The maximum Gasteiger partial charge on any atom is 0.330 e. The number of benzene rings is 1. The minimum absolute atomic E-state index is 0.0638. The summed E-state index contributed by atoms with van der Waals surface area (Å²) in [5.41, 5.74) is 2.61. The number of carbonyl (C=O) groups excluding carboxylic acids is 2. The highest BCUT2D eigenvalue weighted by molar-refractivity contribution is 5.86. The predicted molar refractivity (Wildman–Crippen MR) is 98.6 cm³/mol. The van der Waals surface area contributed by atoms with E-state index in [9.17, 15) is 19.5 Å². The quantitative estimate of drug-likeness (QED) is 0.816. The SMILES string of the molecule is CCCC(=O)N1CCCC(C(=O)NC(C(=O)O)c2ccc(C)c(C)c2)C1. The molecule has 6 heteroatoms. The molecule has 1 aromatic carbocycles. The monoisotopic (exact) mass is 360 g/mol. The van der Waals surface area contributed by atoms with Crippen LogP contribution in [0.25, 0.3) is 0 Å². The van der Waals surface area contributed by atoms with Crippen LogP contribution in [0.5, 0.6) is 0 Å². The number of aryl methyl sites for hydroxylation is 2. The minimum Gasteiger partial charge on any atom is -0.479 e. The van der Waals surface area contributed by atoms with Crippen molar-refractivity contribution >= 4 is 17.8 Å². The van der Waals surface area contributed by atoms with Crippen molar-refractivity contribution in [3.63, 3.8) is 0 Å². The lowest BCUT2D eigenvalue weighted by Crippen LogP contribution is -2.47. The van der Waals surface area contributed by atoms with Gasteiger partial charge in [0.15, 0.2) is 6.04 Å². The maximum atomic E-state index is 12.7. The molecule has 2 N–H and O–H groups in total. The number of piperidine rings is 1. The fourth-order valence-electron chi connectivity index (χ4n) is 3.28. The first kappa shape index (κ1) is 19.9. The number of likely N-dealkylation sites (tertiary alicyclic amines) is 1. The molecular formula is C20H28N2O4. The molecule has 0 radical (unpaired) electrons. The molecule has 1 saturated heterocycles. The van der Waals surface area contributed by atoms with Gasteiger partial charge in [-0.15, -0.1) is 0 Å². The van der Waals surface area contributed by atoms with Crippen LogP contribution in [0.15, 0.2) is 18.2 Å². The number of nitrogens with one attached hydrogen (secondary N) is 1. The third kappa shape index (κ3) is 4.84. The van der Waals surface area contributed by atoms with E-state index >= 15 is 0 Å². The Morgan fingerprint density at radius 3 is 2.62 bits per heavy atom. The molecule has 1 heterocycles. The summed E-state index contributed by atoms with van der Waals surface area (Å²) in [6.07, 6.45) is 2.69. The van der Waals surface area contributed by atoms with Gasteiger partial charge in [0.2, 0.25) is 11.8 Å². The summed E-state index contributed by atoms with van der Waals surface area (Å²) in [5, 5.41) is 12.2. The molecule has 2 unspecified atom stereocenters. The van der Waals surface area contributed by atoms with Crippen LogP contribution in [0.4, 0.5) is 0 Å². The number of carboxylic acids is 1. The summed E-state index contributed by atoms with van der Waals surface area (Å²) in [5.74, 6) is -1.69. The molecule has 26 heavy (non-hydrogen) atoms. The third-order valence-electron chi connectivity index (χ3n) is 5.01. The average Bonchev–Trinajstić information content (AvgIpc) is 2.62. The van der Waals surface area contributed by atoms with E-state index in [1.165, 1.54) is 0 Å². The van der Waals surface area contributed by atoms with Crippen molar-refractivity contribution in [1.82, 2.24) is 10.2 Å². The molecule has 0 spiro atoms. The number of aliphatic carboxylic acids is 1. The Kier molecular flexibility index (Phi) is 6.77.